The van der Waals surface area contributed by atoms with Crippen LogP contribution in [-0.2, 0) is 33.2 Å². The summed E-state index contributed by atoms with van der Waals surface area (Å²) in [6, 6.07) is -0.979. The van der Waals surface area contributed by atoms with Crippen molar-refractivity contribution in [3.8, 4) is 0 Å². The minimum absolute atomic E-state index is 0.227. The van der Waals surface area contributed by atoms with Gasteiger partial charge >= 0.3 is 0 Å². The van der Waals surface area contributed by atoms with E-state index in [2.05, 4.69) is 43.5 Å². The maximum atomic E-state index is 13.3. The van der Waals surface area contributed by atoms with Crippen molar-refractivity contribution >= 4 is 5.91 Å². The molecule has 0 radical (unpaired) electrons. The molecule has 3 heterocycles. The van der Waals surface area contributed by atoms with Gasteiger partial charge in [0.1, 0.15) is 73.2 Å². The van der Waals surface area contributed by atoms with Crippen LogP contribution in [-0.4, -0.2) is 193 Å². The highest BCUT2D eigenvalue weighted by molar-refractivity contribution is 5.76. The number of aliphatic hydroxyl groups is 11. The van der Waals surface area contributed by atoms with Gasteiger partial charge in [-0.25, -0.2) is 0 Å². The summed E-state index contributed by atoms with van der Waals surface area (Å²) in [7, 11) is 0. The fraction of sp³-hybridized carbons (Fsp3) is 0.881. The number of unbranched alkanes of at least 4 members (excludes halogenated alkanes) is 24. The lowest BCUT2D eigenvalue weighted by atomic mass is 9.96. The average Bonchev–Trinajstić information content (AvgIpc) is 3.47. The van der Waals surface area contributed by atoms with Gasteiger partial charge in [0.2, 0.25) is 5.91 Å². The van der Waals surface area contributed by atoms with Crippen molar-refractivity contribution in [1.82, 2.24) is 5.32 Å². The van der Waals surface area contributed by atoms with Crippen LogP contribution in [0.1, 0.15) is 200 Å². The summed E-state index contributed by atoms with van der Waals surface area (Å²) in [6.07, 6.45) is 18.3. The summed E-state index contributed by atoms with van der Waals surface area (Å²) in [6.45, 7) is 1.68. The summed E-state index contributed by atoms with van der Waals surface area (Å²) in [5.74, 6) is -0.290. The summed E-state index contributed by atoms with van der Waals surface area (Å²) < 4.78 is 34.2. The van der Waals surface area contributed by atoms with Gasteiger partial charge in [-0.2, -0.15) is 0 Å². The van der Waals surface area contributed by atoms with Crippen molar-refractivity contribution in [2.24, 2.45) is 0 Å². The minimum atomic E-state index is -1.98. The smallest absolute Gasteiger partial charge is 0.220 e. The molecule has 12 N–H and O–H groups in total. The van der Waals surface area contributed by atoms with Gasteiger partial charge in [0, 0.05) is 6.42 Å². The Kier molecular flexibility index (Phi) is 38.5. The largest absolute Gasteiger partial charge is 0.394 e. The molecule has 78 heavy (non-hydrogen) atoms. The average molecular weight is 1120 g/mol. The zero-order valence-electron chi connectivity index (χ0n) is 47.4. The monoisotopic (exact) mass is 1120 g/mol. The molecule has 0 aromatic carbocycles. The Balaban J connectivity index is 1.52. The molecular formula is C59H107NO18. The van der Waals surface area contributed by atoms with Crippen molar-refractivity contribution in [2.45, 2.75) is 304 Å². The molecule has 17 atom stereocenters. The standard InChI is InChI=1S/C59H107NO18/c1-3-5-7-9-11-13-15-17-19-20-21-23-24-26-28-30-32-34-36-43(64)42(60-47(65)37-35-33-31-29-27-25-22-18-16-14-12-10-8-6-4-2)41-73-57-53(71)50(68)55(45(39-62)75-57)78-59-54(72)51(69)56(46(40-63)76-59)77-58-52(70)49(67)48(66)44(38-61)74-58/h12,14,18,22,34,36,42-46,48-59,61-64,66-72H,3-11,13,15-17,19-21,23-33,35,37-41H2,1-2H3,(H,60,65)/b14-12-,22-18-,36-34+. The molecule has 3 fully saturated rings. The number of hydrogen-bond acceptors (Lipinski definition) is 18. The highest BCUT2D eigenvalue weighted by atomic mass is 16.8. The first-order chi connectivity index (χ1) is 37.8. The second kappa shape index (κ2) is 42.8. The van der Waals surface area contributed by atoms with Crippen LogP contribution in [0.15, 0.2) is 36.5 Å². The lowest BCUT2D eigenvalue weighted by molar-refractivity contribution is -0.379. The normalized spacial score (nSPS) is 30.7. The Labute approximate surface area is 466 Å². The van der Waals surface area contributed by atoms with Crippen molar-refractivity contribution in [1.29, 1.82) is 0 Å². The zero-order chi connectivity index (χ0) is 56.9. The van der Waals surface area contributed by atoms with Gasteiger partial charge in [0.15, 0.2) is 18.9 Å². The Morgan fingerprint density at radius 1 is 0.462 bits per heavy atom. The van der Waals surface area contributed by atoms with Crippen LogP contribution in [0.5, 0.6) is 0 Å². The first-order valence-electron chi connectivity index (χ1n) is 30.2. The number of carbonyl (C=O) groups is 1. The number of hydrogen-bond donors (Lipinski definition) is 12. The first-order valence-corrected chi connectivity index (χ1v) is 30.2. The highest BCUT2D eigenvalue weighted by Crippen LogP contribution is 2.33. The van der Waals surface area contributed by atoms with E-state index in [-0.39, 0.29) is 18.9 Å². The number of allylic oxidation sites excluding steroid dienone is 5. The predicted molar refractivity (Wildman–Crippen MR) is 296 cm³/mol. The van der Waals surface area contributed by atoms with Crippen molar-refractivity contribution < 1.29 is 89.4 Å². The van der Waals surface area contributed by atoms with Gasteiger partial charge in [-0.3, -0.25) is 4.79 Å². The van der Waals surface area contributed by atoms with Gasteiger partial charge in [-0.05, 0) is 51.4 Å². The number of carbonyl (C=O) groups excluding carboxylic acids is 1. The number of amides is 1. The second-order valence-electron chi connectivity index (χ2n) is 21.8. The van der Waals surface area contributed by atoms with E-state index in [4.69, 9.17) is 28.4 Å². The van der Waals surface area contributed by atoms with Gasteiger partial charge in [-0.1, -0.05) is 179 Å². The molecule has 456 valence electrons. The van der Waals surface area contributed by atoms with E-state index in [1.165, 1.54) is 103 Å². The van der Waals surface area contributed by atoms with Gasteiger partial charge < -0.3 is 89.9 Å². The van der Waals surface area contributed by atoms with E-state index in [9.17, 15) is 61.0 Å². The Morgan fingerprint density at radius 3 is 1.33 bits per heavy atom. The Hall–Kier alpha value is -1.99. The number of nitrogens with one attached hydrogen (secondary N) is 1. The van der Waals surface area contributed by atoms with Crippen molar-refractivity contribution in [2.75, 3.05) is 26.4 Å². The third-order valence-electron chi connectivity index (χ3n) is 15.2. The summed E-state index contributed by atoms with van der Waals surface area (Å²) in [5.41, 5.74) is 0. The maximum absolute atomic E-state index is 13.3. The maximum Gasteiger partial charge on any atom is 0.220 e. The van der Waals surface area contributed by atoms with E-state index in [1.54, 1.807) is 6.08 Å². The van der Waals surface area contributed by atoms with Crippen molar-refractivity contribution in [3.63, 3.8) is 0 Å². The molecule has 3 aliphatic heterocycles. The first kappa shape index (κ1) is 70.3. The molecule has 0 spiro atoms. The minimum Gasteiger partial charge on any atom is -0.394 e. The predicted octanol–water partition coefficient (Wildman–Crippen LogP) is 5.32. The van der Waals surface area contributed by atoms with Crippen molar-refractivity contribution in [3.05, 3.63) is 36.5 Å². The number of ether oxygens (including phenoxy) is 6. The van der Waals surface area contributed by atoms with Crippen LogP contribution in [0, 0.1) is 0 Å². The van der Waals surface area contributed by atoms with Gasteiger partial charge in [-0.15, -0.1) is 0 Å². The topological polar surface area (TPSA) is 307 Å². The molecule has 3 saturated heterocycles. The second-order valence-corrected chi connectivity index (χ2v) is 21.8. The molecular weight excluding hydrogens is 1010 g/mol. The summed E-state index contributed by atoms with van der Waals surface area (Å²) >= 11 is 0. The molecule has 0 aromatic rings. The van der Waals surface area contributed by atoms with Crippen LogP contribution in [0.3, 0.4) is 0 Å². The van der Waals surface area contributed by atoms with Crippen LogP contribution in [0.4, 0.5) is 0 Å². The molecule has 3 rings (SSSR count). The lowest BCUT2D eigenvalue weighted by Gasteiger charge is -2.48. The van der Waals surface area contributed by atoms with Crippen LogP contribution >= 0.6 is 0 Å². The zero-order valence-corrected chi connectivity index (χ0v) is 47.4. The van der Waals surface area contributed by atoms with Gasteiger partial charge in [0.05, 0.1) is 38.6 Å². The molecule has 0 aliphatic carbocycles. The van der Waals surface area contributed by atoms with E-state index >= 15 is 0 Å². The number of rotatable bonds is 44. The van der Waals surface area contributed by atoms with E-state index in [0.29, 0.717) is 6.42 Å². The lowest BCUT2D eigenvalue weighted by Crippen LogP contribution is -2.66. The van der Waals surface area contributed by atoms with Crippen LogP contribution < -0.4 is 5.32 Å². The molecule has 0 aromatic heterocycles. The molecule has 17 unspecified atom stereocenters. The summed E-state index contributed by atoms with van der Waals surface area (Å²) in [5, 5.41) is 120. The van der Waals surface area contributed by atoms with Gasteiger partial charge in [0.25, 0.3) is 0 Å². The fourth-order valence-electron chi connectivity index (χ4n) is 10.2. The summed E-state index contributed by atoms with van der Waals surface area (Å²) in [4.78, 5) is 13.3. The van der Waals surface area contributed by atoms with E-state index in [0.717, 1.165) is 70.6 Å². The molecule has 3 aliphatic rings. The SMILES string of the molecule is CCCCC/C=C\C/C=C\CCCCCCCC(=O)NC(COC1OC(CO)C(OC2OC(CO)C(OC3OC(CO)C(O)C(O)C3O)C(O)C2O)C(O)C1O)C(O)/C=C/CCCCCCCCCCCCCCCCCC. The van der Waals surface area contributed by atoms with E-state index in [1.807, 2.05) is 6.08 Å². The number of aliphatic hydroxyl groups excluding tert-OH is 11. The quantitative estimate of drug-likeness (QED) is 0.0271. The Bertz CT molecular complexity index is 1570. The fourth-order valence-corrected chi connectivity index (χ4v) is 10.2. The molecule has 1 amide bonds. The molecule has 0 saturated carbocycles. The molecule has 19 nitrogen and oxygen atoms in total. The third kappa shape index (κ3) is 26.5. The van der Waals surface area contributed by atoms with Crippen LogP contribution in [0.25, 0.3) is 0 Å². The molecule has 19 heteroatoms. The highest BCUT2D eigenvalue weighted by Gasteiger charge is 2.53. The van der Waals surface area contributed by atoms with Crippen LogP contribution in [0.2, 0.25) is 0 Å². The molecule has 0 bridgehead atoms. The Morgan fingerprint density at radius 2 is 0.846 bits per heavy atom. The third-order valence-corrected chi connectivity index (χ3v) is 15.2. The van der Waals surface area contributed by atoms with E-state index < -0.39 is 124 Å².